The second-order valence-electron chi connectivity index (χ2n) is 6.76. The van der Waals surface area contributed by atoms with Gasteiger partial charge in [-0.3, -0.25) is 0 Å². The average Bonchev–Trinajstić information content (AvgIpc) is 3.17. The van der Waals surface area contributed by atoms with Gasteiger partial charge in [0.2, 0.25) is 6.79 Å². The molecule has 4 rings (SSSR count). The summed E-state index contributed by atoms with van der Waals surface area (Å²) in [4.78, 5) is 14.4. The van der Waals surface area contributed by atoms with Gasteiger partial charge >= 0.3 is 6.03 Å². The van der Waals surface area contributed by atoms with Crippen molar-refractivity contribution in [2.24, 2.45) is 11.8 Å². The quantitative estimate of drug-likeness (QED) is 0.854. The van der Waals surface area contributed by atoms with E-state index in [9.17, 15) is 4.79 Å². The van der Waals surface area contributed by atoms with E-state index in [1.54, 1.807) is 0 Å². The van der Waals surface area contributed by atoms with Gasteiger partial charge in [-0.1, -0.05) is 17.7 Å². The van der Waals surface area contributed by atoms with E-state index in [0.29, 0.717) is 18.4 Å². The lowest BCUT2D eigenvalue weighted by molar-refractivity contribution is 0.174. The van der Waals surface area contributed by atoms with Crippen LogP contribution in [0.15, 0.2) is 29.8 Å². The minimum Gasteiger partial charge on any atom is -0.454 e. The molecule has 0 bridgehead atoms. The lowest BCUT2D eigenvalue weighted by Gasteiger charge is -2.21. The third kappa shape index (κ3) is 2.87. The maximum atomic E-state index is 12.4. The van der Waals surface area contributed by atoms with Crippen LogP contribution < -0.4 is 14.8 Å². The van der Waals surface area contributed by atoms with Gasteiger partial charge in [-0.25, -0.2) is 4.79 Å². The Morgan fingerprint density at radius 1 is 1.26 bits per heavy atom. The molecule has 23 heavy (non-hydrogen) atoms. The van der Waals surface area contributed by atoms with Crippen LogP contribution in [0, 0.1) is 11.8 Å². The molecule has 1 saturated heterocycles. The van der Waals surface area contributed by atoms with E-state index < -0.39 is 0 Å². The summed E-state index contributed by atoms with van der Waals surface area (Å²) in [5.41, 5.74) is 2.49. The van der Waals surface area contributed by atoms with Crippen LogP contribution in [0.1, 0.15) is 25.3 Å². The Bertz CT molecular complexity index is 656. The Labute approximate surface area is 136 Å². The number of fused-ring (bicyclic) bond motifs is 2. The zero-order chi connectivity index (χ0) is 15.8. The van der Waals surface area contributed by atoms with Crippen molar-refractivity contribution < 1.29 is 14.3 Å². The van der Waals surface area contributed by atoms with E-state index in [4.69, 9.17) is 9.47 Å². The molecule has 3 aliphatic rings. The van der Waals surface area contributed by atoms with Gasteiger partial charge < -0.3 is 19.7 Å². The van der Waals surface area contributed by atoms with Crippen molar-refractivity contribution in [3.05, 3.63) is 35.4 Å². The Kier molecular flexibility index (Phi) is 3.63. The normalized spacial score (nSPS) is 25.1. The molecule has 0 saturated carbocycles. The largest absolute Gasteiger partial charge is 0.454 e. The zero-order valence-corrected chi connectivity index (χ0v) is 13.4. The van der Waals surface area contributed by atoms with Gasteiger partial charge in [-0.05, 0) is 49.3 Å². The molecule has 1 aromatic carbocycles. The van der Waals surface area contributed by atoms with E-state index in [-0.39, 0.29) is 12.8 Å². The SMILES string of the molecule is CC1=CC[C@@H]2CN(C(=O)NCc3ccc4c(c3)OCO4)C[C@@H]2C1. The Morgan fingerprint density at radius 2 is 2.09 bits per heavy atom. The van der Waals surface area contributed by atoms with Crippen LogP contribution in [-0.4, -0.2) is 30.8 Å². The monoisotopic (exact) mass is 314 g/mol. The predicted octanol–water partition coefficient (Wildman–Crippen LogP) is 2.91. The molecule has 2 heterocycles. The number of rotatable bonds is 2. The van der Waals surface area contributed by atoms with Crippen LogP contribution in [0.25, 0.3) is 0 Å². The van der Waals surface area contributed by atoms with E-state index >= 15 is 0 Å². The van der Waals surface area contributed by atoms with Crippen molar-refractivity contribution >= 4 is 6.03 Å². The molecule has 1 aliphatic carbocycles. The maximum absolute atomic E-state index is 12.4. The zero-order valence-electron chi connectivity index (χ0n) is 13.4. The topological polar surface area (TPSA) is 50.8 Å². The standard InChI is InChI=1S/C18H22N2O3/c1-12-2-4-14-9-20(10-15(14)6-12)18(21)19-8-13-3-5-16-17(7-13)23-11-22-16/h2-3,5,7,14-15H,4,6,8-11H2,1H3,(H,19,21)/t14-,15+/m1/s1. The molecule has 0 radical (unpaired) electrons. The Balaban J connectivity index is 1.33. The molecule has 2 atom stereocenters. The molecular weight excluding hydrogens is 292 g/mol. The summed E-state index contributed by atoms with van der Waals surface area (Å²) in [7, 11) is 0. The smallest absolute Gasteiger partial charge is 0.317 e. The number of benzene rings is 1. The second-order valence-corrected chi connectivity index (χ2v) is 6.76. The van der Waals surface area contributed by atoms with Gasteiger partial charge in [-0.15, -0.1) is 0 Å². The summed E-state index contributed by atoms with van der Waals surface area (Å²) in [6, 6.07) is 5.82. The number of carbonyl (C=O) groups excluding carboxylic acids is 1. The van der Waals surface area contributed by atoms with Crippen LogP contribution in [0.3, 0.4) is 0 Å². The molecule has 2 aliphatic heterocycles. The number of ether oxygens (including phenoxy) is 2. The van der Waals surface area contributed by atoms with E-state index in [2.05, 4.69) is 18.3 Å². The van der Waals surface area contributed by atoms with Gasteiger partial charge in [0, 0.05) is 19.6 Å². The number of nitrogens with one attached hydrogen (secondary N) is 1. The molecule has 1 N–H and O–H groups in total. The molecule has 0 aromatic heterocycles. The fraction of sp³-hybridized carbons (Fsp3) is 0.500. The van der Waals surface area contributed by atoms with Crippen molar-refractivity contribution in [2.75, 3.05) is 19.9 Å². The number of hydrogen-bond acceptors (Lipinski definition) is 3. The number of carbonyl (C=O) groups is 1. The molecule has 5 nitrogen and oxygen atoms in total. The van der Waals surface area contributed by atoms with E-state index in [1.165, 1.54) is 5.57 Å². The van der Waals surface area contributed by atoms with Crippen molar-refractivity contribution in [1.82, 2.24) is 10.2 Å². The molecule has 1 fully saturated rings. The van der Waals surface area contributed by atoms with Crippen LogP contribution >= 0.6 is 0 Å². The molecule has 5 heteroatoms. The third-order valence-electron chi connectivity index (χ3n) is 5.10. The highest BCUT2D eigenvalue weighted by Crippen LogP contribution is 2.35. The van der Waals surface area contributed by atoms with Crippen molar-refractivity contribution in [3.63, 3.8) is 0 Å². The molecule has 122 valence electrons. The van der Waals surface area contributed by atoms with E-state index in [1.807, 2.05) is 23.1 Å². The first kappa shape index (κ1) is 14.4. The summed E-state index contributed by atoms with van der Waals surface area (Å²) in [5.74, 6) is 2.79. The highest BCUT2D eigenvalue weighted by Gasteiger charge is 2.36. The van der Waals surface area contributed by atoms with Crippen molar-refractivity contribution in [3.8, 4) is 11.5 Å². The minimum absolute atomic E-state index is 0.0368. The van der Waals surface area contributed by atoms with Crippen LogP contribution in [0.4, 0.5) is 4.79 Å². The highest BCUT2D eigenvalue weighted by atomic mass is 16.7. The number of likely N-dealkylation sites (tertiary alicyclic amines) is 1. The third-order valence-corrected chi connectivity index (χ3v) is 5.10. The lowest BCUT2D eigenvalue weighted by atomic mass is 9.83. The van der Waals surface area contributed by atoms with Gasteiger partial charge in [0.15, 0.2) is 11.5 Å². The molecule has 2 amide bonds. The fourth-order valence-electron chi connectivity index (χ4n) is 3.79. The summed E-state index contributed by atoms with van der Waals surface area (Å²) in [5, 5.41) is 3.03. The number of hydrogen-bond donors (Lipinski definition) is 1. The Hall–Kier alpha value is -2.17. The van der Waals surface area contributed by atoms with Crippen LogP contribution in [0.5, 0.6) is 11.5 Å². The summed E-state index contributed by atoms with van der Waals surface area (Å²) in [6.45, 7) is 4.73. The second kappa shape index (κ2) is 5.80. The Morgan fingerprint density at radius 3 is 3.00 bits per heavy atom. The molecular formula is C18H22N2O3. The van der Waals surface area contributed by atoms with Gasteiger partial charge in [-0.2, -0.15) is 0 Å². The molecule has 0 spiro atoms. The molecule has 1 aromatic rings. The van der Waals surface area contributed by atoms with Crippen molar-refractivity contribution in [1.29, 1.82) is 0 Å². The number of urea groups is 1. The number of allylic oxidation sites excluding steroid dienone is 2. The predicted molar refractivity (Wildman–Crippen MR) is 86.3 cm³/mol. The van der Waals surface area contributed by atoms with E-state index in [0.717, 1.165) is 43.0 Å². The van der Waals surface area contributed by atoms with Crippen molar-refractivity contribution in [2.45, 2.75) is 26.3 Å². The van der Waals surface area contributed by atoms with Crippen LogP contribution in [-0.2, 0) is 6.54 Å². The fourth-order valence-corrected chi connectivity index (χ4v) is 3.79. The van der Waals surface area contributed by atoms with Crippen LogP contribution in [0.2, 0.25) is 0 Å². The number of amides is 2. The summed E-state index contributed by atoms with van der Waals surface area (Å²) < 4.78 is 10.7. The van der Waals surface area contributed by atoms with Gasteiger partial charge in [0.25, 0.3) is 0 Å². The average molecular weight is 314 g/mol. The lowest BCUT2D eigenvalue weighted by Crippen LogP contribution is -2.38. The highest BCUT2D eigenvalue weighted by molar-refractivity contribution is 5.74. The summed E-state index contributed by atoms with van der Waals surface area (Å²) in [6.07, 6.45) is 4.58. The first-order valence-corrected chi connectivity index (χ1v) is 8.26. The first-order valence-electron chi connectivity index (χ1n) is 8.26. The maximum Gasteiger partial charge on any atom is 0.317 e. The number of nitrogens with zero attached hydrogens (tertiary/aromatic N) is 1. The van der Waals surface area contributed by atoms with Gasteiger partial charge in [0.05, 0.1) is 0 Å². The summed E-state index contributed by atoms with van der Waals surface area (Å²) >= 11 is 0. The first-order chi connectivity index (χ1) is 11.2. The molecule has 0 unspecified atom stereocenters. The van der Waals surface area contributed by atoms with Gasteiger partial charge in [0.1, 0.15) is 0 Å². The minimum atomic E-state index is 0.0368.